The van der Waals surface area contributed by atoms with Gasteiger partial charge in [-0.15, -0.1) is 0 Å². The van der Waals surface area contributed by atoms with Gasteiger partial charge >= 0.3 is 0 Å². The Morgan fingerprint density at radius 3 is 2.52 bits per heavy atom. The zero-order chi connectivity index (χ0) is 14.8. The Morgan fingerprint density at radius 1 is 1.19 bits per heavy atom. The smallest absolute Gasteiger partial charge is 0.178 e. The lowest BCUT2D eigenvalue weighted by Gasteiger charge is -2.22. The molecule has 0 unspecified atom stereocenters. The lowest BCUT2D eigenvalue weighted by atomic mass is 9.96. The van der Waals surface area contributed by atoms with E-state index in [1.54, 1.807) is 6.07 Å². The molecule has 0 bridgehead atoms. The van der Waals surface area contributed by atoms with Crippen LogP contribution in [0.5, 0.6) is 5.75 Å². The van der Waals surface area contributed by atoms with E-state index in [4.69, 9.17) is 17.0 Å². The Morgan fingerprint density at radius 2 is 1.86 bits per heavy atom. The minimum absolute atomic E-state index is 0.274. The monoisotopic (exact) mass is 308 g/mol. The van der Waals surface area contributed by atoms with Crippen LogP contribution in [0.4, 0.5) is 4.39 Å². The van der Waals surface area contributed by atoms with Crippen LogP contribution in [-0.4, -0.2) is 16.7 Å². The van der Waals surface area contributed by atoms with Crippen LogP contribution in [0.1, 0.15) is 51.0 Å². The van der Waals surface area contributed by atoms with Crippen molar-refractivity contribution in [2.24, 2.45) is 0 Å². The third-order valence-electron chi connectivity index (χ3n) is 4.43. The van der Waals surface area contributed by atoms with Crippen LogP contribution in [0, 0.1) is 10.6 Å². The van der Waals surface area contributed by atoms with Gasteiger partial charge in [0.25, 0.3) is 0 Å². The number of hydrogen-bond donors (Lipinski definition) is 1. The highest BCUT2D eigenvalue weighted by Gasteiger charge is 2.18. The molecule has 3 rings (SSSR count). The SMILES string of the molecule is COc1cc2c(cc1F)[nH]c(=S)n2C1CCCCCCC1. The minimum Gasteiger partial charge on any atom is -0.494 e. The maximum Gasteiger partial charge on any atom is 0.178 e. The van der Waals surface area contributed by atoms with E-state index in [-0.39, 0.29) is 11.6 Å². The number of halogens is 1. The topological polar surface area (TPSA) is 29.9 Å². The molecular weight excluding hydrogens is 287 g/mol. The number of ether oxygens (including phenoxy) is 1. The zero-order valence-corrected chi connectivity index (χ0v) is 13.1. The summed E-state index contributed by atoms with van der Waals surface area (Å²) in [5.41, 5.74) is 1.70. The average Bonchev–Trinajstić information content (AvgIpc) is 2.73. The molecule has 1 saturated carbocycles. The fourth-order valence-electron chi connectivity index (χ4n) is 3.34. The first kappa shape index (κ1) is 14.6. The van der Waals surface area contributed by atoms with Crippen LogP contribution in [0.25, 0.3) is 11.0 Å². The van der Waals surface area contributed by atoms with E-state index in [0.717, 1.165) is 23.9 Å². The molecule has 1 heterocycles. The molecule has 0 amide bonds. The molecule has 0 aliphatic heterocycles. The van der Waals surface area contributed by atoms with E-state index >= 15 is 0 Å². The van der Waals surface area contributed by atoms with E-state index in [2.05, 4.69) is 9.55 Å². The van der Waals surface area contributed by atoms with E-state index in [1.807, 2.05) is 0 Å². The summed E-state index contributed by atoms with van der Waals surface area (Å²) in [6.45, 7) is 0. The van der Waals surface area contributed by atoms with Crippen molar-refractivity contribution < 1.29 is 9.13 Å². The normalized spacial score (nSPS) is 17.6. The molecule has 0 spiro atoms. The second-order valence-electron chi connectivity index (χ2n) is 5.80. The molecule has 3 nitrogen and oxygen atoms in total. The Bertz CT molecular complexity index is 683. The lowest BCUT2D eigenvalue weighted by Crippen LogP contribution is -2.11. The number of fused-ring (bicyclic) bond motifs is 1. The molecule has 1 aliphatic carbocycles. The second kappa shape index (κ2) is 6.18. The average molecular weight is 308 g/mol. The van der Waals surface area contributed by atoms with Crippen molar-refractivity contribution in [2.45, 2.75) is 51.0 Å². The third kappa shape index (κ3) is 2.84. The second-order valence-corrected chi connectivity index (χ2v) is 6.19. The van der Waals surface area contributed by atoms with Crippen LogP contribution in [-0.2, 0) is 0 Å². The summed E-state index contributed by atoms with van der Waals surface area (Å²) in [5.74, 6) is -0.0813. The Labute approximate surface area is 129 Å². The summed E-state index contributed by atoms with van der Waals surface area (Å²) in [6.07, 6.45) is 8.68. The van der Waals surface area contributed by atoms with Gasteiger partial charge in [0.15, 0.2) is 16.3 Å². The number of aromatic nitrogens is 2. The summed E-state index contributed by atoms with van der Waals surface area (Å²) in [4.78, 5) is 3.13. The molecule has 1 aromatic heterocycles. The van der Waals surface area contributed by atoms with E-state index < -0.39 is 0 Å². The molecule has 1 fully saturated rings. The number of imidazole rings is 1. The van der Waals surface area contributed by atoms with Crippen LogP contribution in [0.2, 0.25) is 0 Å². The first-order valence-electron chi connectivity index (χ1n) is 7.68. The first-order chi connectivity index (χ1) is 10.2. The number of rotatable bonds is 2. The van der Waals surface area contributed by atoms with Gasteiger partial charge in [0, 0.05) is 18.2 Å². The van der Waals surface area contributed by atoms with Crippen molar-refractivity contribution >= 4 is 23.3 Å². The summed E-state index contributed by atoms with van der Waals surface area (Å²) < 4.78 is 21.8. The Hall–Kier alpha value is -1.36. The van der Waals surface area contributed by atoms with Gasteiger partial charge < -0.3 is 14.3 Å². The van der Waals surface area contributed by atoms with Gasteiger partial charge in [-0.25, -0.2) is 4.39 Å². The number of H-pyrrole nitrogens is 1. The molecule has 0 radical (unpaired) electrons. The van der Waals surface area contributed by atoms with Crippen LogP contribution < -0.4 is 4.74 Å². The van der Waals surface area contributed by atoms with Crippen molar-refractivity contribution in [3.05, 3.63) is 22.7 Å². The molecular formula is C16H21FN2OS. The van der Waals surface area contributed by atoms with Gasteiger partial charge in [-0.05, 0) is 25.1 Å². The fourth-order valence-corrected chi connectivity index (χ4v) is 3.70. The molecule has 114 valence electrons. The van der Waals surface area contributed by atoms with E-state index in [1.165, 1.54) is 45.3 Å². The van der Waals surface area contributed by atoms with Crippen LogP contribution >= 0.6 is 12.2 Å². The van der Waals surface area contributed by atoms with Crippen LogP contribution in [0.15, 0.2) is 12.1 Å². The number of hydrogen-bond acceptors (Lipinski definition) is 2. The van der Waals surface area contributed by atoms with Crippen molar-refractivity contribution in [3.63, 3.8) is 0 Å². The molecule has 21 heavy (non-hydrogen) atoms. The number of nitrogens with zero attached hydrogens (tertiary/aromatic N) is 1. The summed E-state index contributed by atoms with van der Waals surface area (Å²) in [7, 11) is 1.49. The highest BCUT2D eigenvalue weighted by molar-refractivity contribution is 7.71. The maximum atomic E-state index is 13.8. The van der Waals surface area contributed by atoms with Crippen molar-refractivity contribution in [3.8, 4) is 5.75 Å². The van der Waals surface area contributed by atoms with Crippen molar-refractivity contribution in [1.82, 2.24) is 9.55 Å². The Kier molecular flexibility index (Phi) is 4.29. The third-order valence-corrected chi connectivity index (χ3v) is 4.73. The summed E-state index contributed by atoms with van der Waals surface area (Å²) in [6, 6.07) is 3.64. The first-order valence-corrected chi connectivity index (χ1v) is 8.09. The molecule has 0 saturated heterocycles. The highest BCUT2D eigenvalue weighted by Crippen LogP contribution is 2.32. The summed E-state index contributed by atoms with van der Waals surface area (Å²) in [5, 5.41) is 0. The predicted octanol–water partition coefficient (Wildman–Crippen LogP) is 5.13. The molecule has 1 N–H and O–H groups in total. The standard InChI is InChI=1S/C16H21FN2OS/c1-20-15-10-14-13(9-12(15)17)18-16(21)19(14)11-7-5-3-2-4-6-8-11/h9-11H,2-8H2,1H3,(H,18,21). The molecule has 2 aromatic rings. The molecule has 1 aliphatic rings. The van der Waals surface area contributed by atoms with Gasteiger partial charge in [-0.1, -0.05) is 32.1 Å². The van der Waals surface area contributed by atoms with Crippen molar-refractivity contribution in [1.29, 1.82) is 0 Å². The maximum absolute atomic E-state index is 13.8. The predicted molar refractivity (Wildman–Crippen MR) is 85.0 cm³/mol. The zero-order valence-electron chi connectivity index (χ0n) is 12.3. The lowest BCUT2D eigenvalue weighted by molar-refractivity contribution is 0.373. The largest absolute Gasteiger partial charge is 0.494 e. The van der Waals surface area contributed by atoms with E-state index in [0.29, 0.717) is 10.8 Å². The molecule has 1 aromatic carbocycles. The number of aromatic amines is 1. The van der Waals surface area contributed by atoms with Gasteiger partial charge in [0.05, 0.1) is 18.1 Å². The number of benzene rings is 1. The van der Waals surface area contributed by atoms with Gasteiger partial charge in [0.2, 0.25) is 0 Å². The van der Waals surface area contributed by atoms with Gasteiger partial charge in [-0.2, -0.15) is 0 Å². The fraction of sp³-hybridized carbons (Fsp3) is 0.562. The number of nitrogens with one attached hydrogen (secondary N) is 1. The number of methoxy groups -OCH3 is 1. The van der Waals surface area contributed by atoms with Crippen LogP contribution in [0.3, 0.4) is 0 Å². The molecule has 5 heteroatoms. The van der Waals surface area contributed by atoms with E-state index in [9.17, 15) is 4.39 Å². The van der Waals surface area contributed by atoms with Gasteiger partial charge in [-0.3, -0.25) is 0 Å². The minimum atomic E-state index is -0.355. The molecule has 0 atom stereocenters. The highest BCUT2D eigenvalue weighted by atomic mass is 32.1. The Balaban J connectivity index is 2.07. The van der Waals surface area contributed by atoms with Gasteiger partial charge in [0.1, 0.15) is 0 Å². The van der Waals surface area contributed by atoms with Crippen molar-refractivity contribution in [2.75, 3.05) is 7.11 Å². The summed E-state index contributed by atoms with van der Waals surface area (Å²) >= 11 is 5.48. The quantitative estimate of drug-likeness (QED) is 0.779.